The summed E-state index contributed by atoms with van der Waals surface area (Å²) < 4.78 is 1.84. The second kappa shape index (κ2) is 5.62. The van der Waals surface area contributed by atoms with E-state index in [0.717, 1.165) is 30.3 Å². The topological polar surface area (TPSA) is 42.7 Å². The van der Waals surface area contributed by atoms with Gasteiger partial charge in [-0.1, -0.05) is 18.5 Å². The van der Waals surface area contributed by atoms with Crippen molar-refractivity contribution in [2.75, 3.05) is 6.54 Å². The Morgan fingerprint density at radius 2 is 2.24 bits per heavy atom. The van der Waals surface area contributed by atoms with Crippen molar-refractivity contribution in [2.45, 2.75) is 19.9 Å². The molecule has 0 amide bonds. The van der Waals surface area contributed by atoms with Gasteiger partial charge in [-0.05, 0) is 13.0 Å². The third kappa shape index (κ3) is 2.86. The molecule has 0 aliphatic rings. The Morgan fingerprint density at radius 1 is 1.41 bits per heavy atom. The molecule has 0 atom stereocenters. The second-order valence-electron chi connectivity index (χ2n) is 3.77. The van der Waals surface area contributed by atoms with E-state index in [-0.39, 0.29) is 0 Å². The van der Waals surface area contributed by atoms with Gasteiger partial charge in [-0.15, -0.1) is 11.3 Å². The summed E-state index contributed by atoms with van der Waals surface area (Å²) in [6.45, 7) is 4.05. The lowest BCUT2D eigenvalue weighted by atomic mass is 10.4. The molecule has 0 radical (unpaired) electrons. The first-order valence-electron chi connectivity index (χ1n) is 5.55. The van der Waals surface area contributed by atoms with Crippen LogP contribution in [0.2, 0.25) is 5.15 Å². The number of hydrogen-bond donors (Lipinski definition) is 1. The molecule has 2 heterocycles. The van der Waals surface area contributed by atoms with Crippen molar-refractivity contribution >= 4 is 22.9 Å². The number of nitrogens with zero attached hydrogens (tertiary/aromatic N) is 3. The van der Waals surface area contributed by atoms with Crippen LogP contribution in [0.4, 0.5) is 0 Å². The van der Waals surface area contributed by atoms with E-state index in [0.29, 0.717) is 5.15 Å². The Morgan fingerprint density at radius 3 is 2.88 bits per heavy atom. The Hall–Kier alpha value is -0.910. The minimum absolute atomic E-state index is 0.626. The summed E-state index contributed by atoms with van der Waals surface area (Å²) in [5.41, 5.74) is 0. The molecule has 0 aliphatic heterocycles. The van der Waals surface area contributed by atoms with Crippen LogP contribution in [0.15, 0.2) is 12.4 Å². The van der Waals surface area contributed by atoms with Crippen LogP contribution in [-0.4, -0.2) is 21.1 Å². The fourth-order valence-electron chi connectivity index (χ4n) is 1.47. The highest BCUT2D eigenvalue weighted by Crippen LogP contribution is 2.25. The van der Waals surface area contributed by atoms with E-state index in [4.69, 9.17) is 11.6 Å². The molecule has 0 saturated heterocycles. The van der Waals surface area contributed by atoms with Gasteiger partial charge in [0.05, 0.1) is 6.20 Å². The maximum Gasteiger partial charge on any atom is 0.170 e. The van der Waals surface area contributed by atoms with Crippen molar-refractivity contribution < 1.29 is 0 Å². The minimum Gasteiger partial charge on any atom is -0.316 e. The van der Waals surface area contributed by atoms with Crippen LogP contribution in [0.1, 0.15) is 18.2 Å². The van der Waals surface area contributed by atoms with Crippen LogP contribution in [0.25, 0.3) is 10.8 Å². The van der Waals surface area contributed by atoms with Crippen molar-refractivity contribution in [2.24, 2.45) is 7.05 Å². The molecule has 0 aromatic carbocycles. The van der Waals surface area contributed by atoms with E-state index in [1.165, 1.54) is 4.88 Å². The molecular weight excluding hydrogens is 256 g/mol. The van der Waals surface area contributed by atoms with Gasteiger partial charge in [0.15, 0.2) is 10.8 Å². The fraction of sp³-hybridized carbons (Fsp3) is 0.455. The number of thiazole rings is 1. The van der Waals surface area contributed by atoms with Crippen molar-refractivity contribution in [3.05, 3.63) is 22.4 Å². The Balaban J connectivity index is 2.10. The maximum absolute atomic E-state index is 5.95. The number of hydrogen-bond acceptors (Lipinski definition) is 4. The standard InChI is InChI=1S/C11H15ClN4S/c1-3-4-13-5-8-6-15-11(17-8)10-14-7-9(12)16(10)2/h6-7,13H,3-5H2,1-2H3. The van der Waals surface area contributed by atoms with Crippen LogP contribution in [-0.2, 0) is 13.6 Å². The third-order valence-electron chi connectivity index (χ3n) is 2.40. The summed E-state index contributed by atoms with van der Waals surface area (Å²) >= 11 is 7.60. The first kappa shape index (κ1) is 12.5. The summed E-state index contributed by atoms with van der Waals surface area (Å²) in [5, 5.41) is 4.89. The van der Waals surface area contributed by atoms with Crippen LogP contribution in [0, 0.1) is 0 Å². The first-order valence-corrected chi connectivity index (χ1v) is 6.74. The zero-order valence-corrected chi connectivity index (χ0v) is 11.5. The molecule has 2 rings (SSSR count). The number of aromatic nitrogens is 3. The van der Waals surface area contributed by atoms with Gasteiger partial charge >= 0.3 is 0 Å². The predicted molar refractivity (Wildman–Crippen MR) is 71.3 cm³/mol. The van der Waals surface area contributed by atoms with E-state index in [1.54, 1.807) is 17.5 Å². The van der Waals surface area contributed by atoms with E-state index < -0.39 is 0 Å². The largest absolute Gasteiger partial charge is 0.316 e. The molecule has 2 aromatic heterocycles. The van der Waals surface area contributed by atoms with Gasteiger partial charge in [-0.25, -0.2) is 9.97 Å². The van der Waals surface area contributed by atoms with Gasteiger partial charge in [-0.2, -0.15) is 0 Å². The number of rotatable bonds is 5. The van der Waals surface area contributed by atoms with E-state index in [9.17, 15) is 0 Å². The SMILES string of the molecule is CCCNCc1cnc(-c2ncc(Cl)n2C)s1. The summed E-state index contributed by atoms with van der Waals surface area (Å²) in [6, 6.07) is 0. The van der Waals surface area contributed by atoms with Gasteiger partial charge in [0, 0.05) is 24.7 Å². The summed E-state index contributed by atoms with van der Waals surface area (Å²) in [4.78, 5) is 9.85. The summed E-state index contributed by atoms with van der Waals surface area (Å²) in [7, 11) is 1.89. The van der Waals surface area contributed by atoms with E-state index >= 15 is 0 Å². The summed E-state index contributed by atoms with van der Waals surface area (Å²) in [5.74, 6) is 0.821. The molecule has 0 spiro atoms. The first-order chi connectivity index (χ1) is 8.22. The van der Waals surface area contributed by atoms with Gasteiger partial charge < -0.3 is 9.88 Å². The number of imidazole rings is 1. The van der Waals surface area contributed by atoms with Crippen LogP contribution >= 0.6 is 22.9 Å². The number of halogens is 1. The molecule has 4 nitrogen and oxygen atoms in total. The van der Waals surface area contributed by atoms with Crippen molar-refractivity contribution in [3.63, 3.8) is 0 Å². The van der Waals surface area contributed by atoms with Crippen LogP contribution < -0.4 is 5.32 Å². The predicted octanol–water partition coefficient (Wildman–Crippen LogP) is 2.70. The maximum atomic E-state index is 5.95. The average Bonchev–Trinajstić information content (AvgIpc) is 2.89. The fourth-order valence-corrected chi connectivity index (χ4v) is 2.51. The molecule has 0 unspecified atom stereocenters. The van der Waals surface area contributed by atoms with Crippen molar-refractivity contribution in [1.82, 2.24) is 19.9 Å². The van der Waals surface area contributed by atoms with Crippen LogP contribution in [0.5, 0.6) is 0 Å². The normalized spacial score (nSPS) is 11.0. The molecule has 0 fully saturated rings. The zero-order chi connectivity index (χ0) is 12.3. The highest BCUT2D eigenvalue weighted by atomic mass is 35.5. The highest BCUT2D eigenvalue weighted by Gasteiger charge is 2.11. The molecule has 2 aromatic rings. The lowest BCUT2D eigenvalue weighted by Gasteiger charge is -1.99. The number of nitrogens with one attached hydrogen (secondary N) is 1. The summed E-state index contributed by atoms with van der Waals surface area (Å²) in [6.07, 6.45) is 4.68. The lowest BCUT2D eigenvalue weighted by molar-refractivity contribution is 0.681. The molecule has 17 heavy (non-hydrogen) atoms. The molecule has 0 bridgehead atoms. The van der Waals surface area contributed by atoms with E-state index in [1.807, 2.05) is 17.8 Å². The monoisotopic (exact) mass is 270 g/mol. The molecule has 6 heteroatoms. The lowest BCUT2D eigenvalue weighted by Crippen LogP contribution is -2.12. The minimum atomic E-state index is 0.626. The van der Waals surface area contributed by atoms with Gasteiger partial charge in [0.25, 0.3) is 0 Å². The van der Waals surface area contributed by atoms with Crippen LogP contribution in [0.3, 0.4) is 0 Å². The Labute approximate surface area is 110 Å². The molecule has 92 valence electrons. The smallest absolute Gasteiger partial charge is 0.170 e. The second-order valence-corrected chi connectivity index (χ2v) is 5.27. The van der Waals surface area contributed by atoms with E-state index in [2.05, 4.69) is 22.2 Å². The Bertz CT molecular complexity index is 491. The zero-order valence-electron chi connectivity index (χ0n) is 9.90. The van der Waals surface area contributed by atoms with Gasteiger partial charge in [0.1, 0.15) is 5.15 Å². The average molecular weight is 271 g/mol. The van der Waals surface area contributed by atoms with Gasteiger partial charge in [-0.3, -0.25) is 0 Å². The van der Waals surface area contributed by atoms with Crippen molar-refractivity contribution in [3.8, 4) is 10.8 Å². The highest BCUT2D eigenvalue weighted by molar-refractivity contribution is 7.14. The molecule has 0 saturated carbocycles. The quantitative estimate of drug-likeness (QED) is 0.850. The molecule has 0 aliphatic carbocycles. The Kier molecular flexibility index (Phi) is 4.15. The molecular formula is C11H15ClN4S. The van der Waals surface area contributed by atoms with Gasteiger partial charge in [0.2, 0.25) is 0 Å². The van der Waals surface area contributed by atoms with Crippen molar-refractivity contribution in [1.29, 1.82) is 0 Å². The molecule has 1 N–H and O–H groups in total. The third-order valence-corrected chi connectivity index (χ3v) is 3.75.